The first-order valence-electron chi connectivity index (χ1n) is 5.51. The van der Waals surface area contributed by atoms with Gasteiger partial charge >= 0.3 is 0 Å². The molecule has 7 heteroatoms. The molecule has 1 heterocycles. The molecule has 100 valence electrons. The van der Waals surface area contributed by atoms with Crippen molar-refractivity contribution < 1.29 is 8.42 Å². The highest BCUT2D eigenvalue weighted by atomic mass is 32.2. The molecule has 2 aromatic rings. The molecule has 0 radical (unpaired) electrons. The van der Waals surface area contributed by atoms with Crippen LogP contribution in [-0.4, -0.2) is 18.2 Å². The standard InChI is InChI=1S/C12H14N4O2S/c1-2-16-9-10(8-15-16)7-14-11-3-5-12(6-4-11)19(13,17)18/h2-6,8-9,14H,1,7H2,(H2,13,17,18). The molecule has 1 aromatic heterocycles. The Hall–Kier alpha value is -2.12. The molecule has 0 amide bonds. The van der Waals surface area contributed by atoms with Gasteiger partial charge in [-0.2, -0.15) is 5.10 Å². The van der Waals surface area contributed by atoms with Crippen molar-refractivity contribution in [2.24, 2.45) is 5.14 Å². The molecule has 0 aliphatic carbocycles. The first-order valence-corrected chi connectivity index (χ1v) is 7.06. The first-order chi connectivity index (χ1) is 8.99. The molecule has 0 aliphatic heterocycles. The fourth-order valence-electron chi connectivity index (χ4n) is 1.54. The Morgan fingerprint density at radius 1 is 1.37 bits per heavy atom. The van der Waals surface area contributed by atoms with Crippen molar-refractivity contribution in [3.8, 4) is 0 Å². The van der Waals surface area contributed by atoms with Crippen LogP contribution in [0.1, 0.15) is 5.56 Å². The number of benzene rings is 1. The van der Waals surface area contributed by atoms with Crippen LogP contribution in [-0.2, 0) is 16.6 Å². The highest BCUT2D eigenvalue weighted by molar-refractivity contribution is 7.89. The smallest absolute Gasteiger partial charge is 0.238 e. The molecule has 19 heavy (non-hydrogen) atoms. The lowest BCUT2D eigenvalue weighted by Crippen LogP contribution is -2.11. The SMILES string of the molecule is C=Cn1cc(CNc2ccc(S(N)(=O)=O)cc2)cn1. The van der Waals surface area contributed by atoms with Gasteiger partial charge in [-0.05, 0) is 24.3 Å². The minimum atomic E-state index is -3.64. The number of aromatic nitrogens is 2. The molecule has 3 N–H and O–H groups in total. The van der Waals surface area contributed by atoms with Crippen LogP contribution in [0.4, 0.5) is 5.69 Å². The van der Waals surface area contributed by atoms with E-state index in [4.69, 9.17) is 5.14 Å². The van der Waals surface area contributed by atoms with Gasteiger partial charge in [-0.15, -0.1) is 0 Å². The Morgan fingerprint density at radius 3 is 2.58 bits per heavy atom. The third kappa shape index (κ3) is 3.43. The number of nitrogens with zero attached hydrogens (tertiary/aromatic N) is 2. The molecular weight excluding hydrogens is 264 g/mol. The molecule has 0 atom stereocenters. The normalized spacial score (nSPS) is 11.2. The molecule has 0 fully saturated rings. The van der Waals surface area contributed by atoms with E-state index in [0.717, 1.165) is 11.3 Å². The van der Waals surface area contributed by atoms with Gasteiger partial charge in [-0.3, -0.25) is 0 Å². The van der Waals surface area contributed by atoms with Crippen LogP contribution in [0.15, 0.2) is 48.1 Å². The Kier molecular flexibility index (Phi) is 3.68. The second-order valence-corrected chi connectivity index (χ2v) is 5.50. The van der Waals surface area contributed by atoms with E-state index >= 15 is 0 Å². The van der Waals surface area contributed by atoms with Gasteiger partial charge in [0.25, 0.3) is 0 Å². The third-order valence-electron chi connectivity index (χ3n) is 2.52. The molecule has 0 saturated carbocycles. The van der Waals surface area contributed by atoms with Gasteiger partial charge in [0, 0.05) is 30.2 Å². The van der Waals surface area contributed by atoms with Gasteiger partial charge < -0.3 is 5.32 Å². The van der Waals surface area contributed by atoms with Crippen molar-refractivity contribution >= 4 is 21.9 Å². The number of primary sulfonamides is 1. The Bertz CT molecular complexity index is 674. The Labute approximate surface area is 111 Å². The second-order valence-electron chi connectivity index (χ2n) is 3.93. The maximum absolute atomic E-state index is 11.1. The summed E-state index contributed by atoms with van der Waals surface area (Å²) < 4.78 is 23.8. The molecule has 0 unspecified atom stereocenters. The zero-order chi connectivity index (χ0) is 13.9. The van der Waals surface area contributed by atoms with Gasteiger partial charge in [0.2, 0.25) is 10.0 Å². The summed E-state index contributed by atoms with van der Waals surface area (Å²) >= 11 is 0. The summed E-state index contributed by atoms with van der Waals surface area (Å²) in [7, 11) is -3.64. The first kappa shape index (κ1) is 13.3. The molecule has 0 saturated heterocycles. The topological polar surface area (TPSA) is 90.0 Å². The minimum absolute atomic E-state index is 0.0949. The van der Waals surface area contributed by atoms with Gasteiger partial charge in [-0.25, -0.2) is 18.2 Å². The summed E-state index contributed by atoms with van der Waals surface area (Å²) in [4.78, 5) is 0.0949. The van der Waals surface area contributed by atoms with Gasteiger partial charge in [0.1, 0.15) is 0 Å². The second kappa shape index (κ2) is 5.25. The number of hydrogen-bond donors (Lipinski definition) is 2. The van der Waals surface area contributed by atoms with Gasteiger partial charge in [-0.1, -0.05) is 6.58 Å². The van der Waals surface area contributed by atoms with Crippen LogP contribution in [0.2, 0.25) is 0 Å². The van der Waals surface area contributed by atoms with Crippen LogP contribution in [0.5, 0.6) is 0 Å². The third-order valence-corrected chi connectivity index (χ3v) is 3.45. The summed E-state index contributed by atoms with van der Waals surface area (Å²) in [6, 6.07) is 6.25. The van der Waals surface area contributed by atoms with E-state index in [0.29, 0.717) is 6.54 Å². The zero-order valence-electron chi connectivity index (χ0n) is 10.2. The lowest BCUT2D eigenvalue weighted by atomic mass is 10.3. The maximum atomic E-state index is 11.1. The van der Waals surface area contributed by atoms with Crippen LogP contribution < -0.4 is 10.5 Å². The van der Waals surface area contributed by atoms with Crippen molar-refractivity contribution in [2.75, 3.05) is 5.32 Å². The molecule has 6 nitrogen and oxygen atoms in total. The quantitative estimate of drug-likeness (QED) is 0.861. The van der Waals surface area contributed by atoms with E-state index in [1.165, 1.54) is 12.1 Å². The van der Waals surface area contributed by atoms with Crippen LogP contribution in [0.3, 0.4) is 0 Å². The van der Waals surface area contributed by atoms with Crippen molar-refractivity contribution in [1.82, 2.24) is 9.78 Å². The van der Waals surface area contributed by atoms with Gasteiger partial charge in [0.05, 0.1) is 11.1 Å². The highest BCUT2D eigenvalue weighted by Gasteiger charge is 2.06. The number of sulfonamides is 1. The number of nitrogens with two attached hydrogens (primary N) is 1. The lowest BCUT2D eigenvalue weighted by molar-refractivity contribution is 0.598. The molecule has 2 rings (SSSR count). The van der Waals surface area contributed by atoms with E-state index in [1.54, 1.807) is 29.2 Å². The van der Waals surface area contributed by atoms with E-state index in [2.05, 4.69) is 17.0 Å². The summed E-state index contributed by atoms with van der Waals surface area (Å²) in [5, 5.41) is 12.2. The monoisotopic (exact) mass is 278 g/mol. The van der Waals surface area contributed by atoms with Gasteiger partial charge in [0.15, 0.2) is 0 Å². The van der Waals surface area contributed by atoms with Crippen molar-refractivity contribution in [3.63, 3.8) is 0 Å². The molecule has 1 aromatic carbocycles. The summed E-state index contributed by atoms with van der Waals surface area (Å²) in [6.07, 6.45) is 5.18. The lowest BCUT2D eigenvalue weighted by Gasteiger charge is -2.05. The fraction of sp³-hybridized carbons (Fsp3) is 0.0833. The Morgan fingerprint density at radius 2 is 2.05 bits per heavy atom. The maximum Gasteiger partial charge on any atom is 0.238 e. The molecule has 0 spiro atoms. The average Bonchev–Trinajstić information content (AvgIpc) is 2.84. The molecular formula is C12H14N4O2S. The summed E-state index contributed by atoms with van der Waals surface area (Å²) in [5.41, 5.74) is 1.80. The van der Waals surface area contributed by atoms with E-state index in [1.807, 2.05) is 6.20 Å². The van der Waals surface area contributed by atoms with Crippen LogP contribution in [0, 0.1) is 0 Å². The molecule has 0 bridgehead atoms. The number of hydrogen-bond acceptors (Lipinski definition) is 4. The molecule has 0 aliphatic rings. The predicted octanol–water partition coefficient (Wildman–Crippen LogP) is 1.24. The van der Waals surface area contributed by atoms with Crippen molar-refractivity contribution in [3.05, 3.63) is 48.8 Å². The van der Waals surface area contributed by atoms with E-state index < -0.39 is 10.0 Å². The minimum Gasteiger partial charge on any atom is -0.381 e. The van der Waals surface area contributed by atoms with E-state index in [9.17, 15) is 8.42 Å². The van der Waals surface area contributed by atoms with Crippen molar-refractivity contribution in [2.45, 2.75) is 11.4 Å². The Balaban J connectivity index is 2.02. The van der Waals surface area contributed by atoms with Crippen LogP contribution >= 0.6 is 0 Å². The fourth-order valence-corrected chi connectivity index (χ4v) is 2.05. The average molecular weight is 278 g/mol. The zero-order valence-corrected chi connectivity index (χ0v) is 11.0. The summed E-state index contributed by atoms with van der Waals surface area (Å²) in [5.74, 6) is 0. The van der Waals surface area contributed by atoms with Crippen molar-refractivity contribution in [1.29, 1.82) is 0 Å². The number of rotatable bonds is 5. The summed E-state index contributed by atoms with van der Waals surface area (Å²) in [6.45, 7) is 4.19. The largest absolute Gasteiger partial charge is 0.381 e. The highest BCUT2D eigenvalue weighted by Crippen LogP contribution is 2.13. The van der Waals surface area contributed by atoms with E-state index in [-0.39, 0.29) is 4.90 Å². The van der Waals surface area contributed by atoms with Crippen LogP contribution in [0.25, 0.3) is 6.20 Å². The predicted molar refractivity (Wildman–Crippen MR) is 73.8 cm³/mol. The number of nitrogens with one attached hydrogen (secondary N) is 1. The number of anilines is 1.